The van der Waals surface area contributed by atoms with Crippen molar-refractivity contribution in [3.05, 3.63) is 108 Å². The van der Waals surface area contributed by atoms with Gasteiger partial charge in [-0.25, -0.2) is 19.7 Å². The van der Waals surface area contributed by atoms with Gasteiger partial charge in [0.25, 0.3) is 5.91 Å². The summed E-state index contributed by atoms with van der Waals surface area (Å²) in [4.78, 5) is 39.9. The molecule has 1 atom stereocenters. The zero-order valence-corrected chi connectivity index (χ0v) is 21.1. The molecule has 0 bridgehead atoms. The van der Waals surface area contributed by atoms with Gasteiger partial charge in [-0.05, 0) is 43.7 Å². The van der Waals surface area contributed by atoms with Crippen LogP contribution < -0.4 is 5.32 Å². The Bertz CT molecular complexity index is 1600. The molecule has 1 N–H and O–H groups in total. The van der Waals surface area contributed by atoms with Crippen molar-refractivity contribution in [3.63, 3.8) is 0 Å². The van der Waals surface area contributed by atoms with Crippen molar-refractivity contribution in [2.45, 2.75) is 26.4 Å². The van der Waals surface area contributed by atoms with E-state index in [0.29, 0.717) is 34.5 Å². The Hall–Kier alpha value is -4.91. The molecule has 38 heavy (non-hydrogen) atoms. The molecule has 1 amide bonds. The first-order valence-corrected chi connectivity index (χ1v) is 12.4. The fraction of sp³-hybridized carbons (Fsp3) is 0.129. The second-order valence-electron chi connectivity index (χ2n) is 8.81. The second kappa shape index (κ2) is 11.0. The smallest absolute Gasteiger partial charge is 0.338 e. The zero-order valence-electron chi connectivity index (χ0n) is 21.1. The van der Waals surface area contributed by atoms with Crippen molar-refractivity contribution in [1.29, 1.82) is 0 Å². The molecule has 0 aliphatic carbocycles. The lowest BCUT2D eigenvalue weighted by molar-refractivity contribution is -0.124. The molecule has 188 valence electrons. The van der Waals surface area contributed by atoms with E-state index in [-0.39, 0.29) is 0 Å². The fourth-order valence-corrected chi connectivity index (χ4v) is 4.11. The molecule has 0 aliphatic heterocycles. The SMILES string of the molecule is CCC(OC(=O)c1ccc2nc(-c3ccccc3)c(-c3ccccc3)nc2c1)C(=O)Nc1cccc(C)n1. The minimum atomic E-state index is -0.966. The van der Waals surface area contributed by atoms with E-state index < -0.39 is 18.0 Å². The number of pyridine rings is 1. The molecule has 0 fully saturated rings. The molecule has 5 aromatic rings. The highest BCUT2D eigenvalue weighted by atomic mass is 16.5. The van der Waals surface area contributed by atoms with Crippen LogP contribution in [0.5, 0.6) is 0 Å². The highest BCUT2D eigenvalue weighted by Gasteiger charge is 2.23. The Morgan fingerprint density at radius 2 is 1.39 bits per heavy atom. The monoisotopic (exact) mass is 502 g/mol. The van der Waals surface area contributed by atoms with E-state index in [0.717, 1.165) is 22.5 Å². The molecule has 0 saturated carbocycles. The van der Waals surface area contributed by atoms with Crippen LogP contribution in [0.25, 0.3) is 33.5 Å². The zero-order chi connectivity index (χ0) is 26.5. The summed E-state index contributed by atoms with van der Waals surface area (Å²) in [5, 5.41) is 2.72. The van der Waals surface area contributed by atoms with Crippen LogP contribution in [0, 0.1) is 6.92 Å². The lowest BCUT2D eigenvalue weighted by Gasteiger charge is -2.16. The number of ether oxygens (including phenoxy) is 1. The highest BCUT2D eigenvalue weighted by Crippen LogP contribution is 2.31. The van der Waals surface area contributed by atoms with Crippen LogP contribution in [0.15, 0.2) is 97.1 Å². The van der Waals surface area contributed by atoms with Crippen molar-refractivity contribution in [2.24, 2.45) is 0 Å². The van der Waals surface area contributed by atoms with Gasteiger partial charge in [0.1, 0.15) is 5.82 Å². The highest BCUT2D eigenvalue weighted by molar-refractivity contribution is 5.98. The van der Waals surface area contributed by atoms with Gasteiger partial charge in [-0.2, -0.15) is 0 Å². The summed E-state index contributed by atoms with van der Waals surface area (Å²) in [6, 6.07) is 30.1. The third kappa shape index (κ3) is 5.42. The third-order valence-electron chi connectivity index (χ3n) is 6.05. The maximum absolute atomic E-state index is 13.0. The molecule has 7 nitrogen and oxygen atoms in total. The van der Waals surface area contributed by atoms with E-state index in [2.05, 4.69) is 10.3 Å². The van der Waals surface area contributed by atoms with Gasteiger partial charge in [-0.15, -0.1) is 0 Å². The molecule has 7 heteroatoms. The summed E-state index contributed by atoms with van der Waals surface area (Å²) in [5.41, 5.74) is 5.60. The molecule has 0 radical (unpaired) electrons. The van der Waals surface area contributed by atoms with Crippen LogP contribution >= 0.6 is 0 Å². The first-order valence-electron chi connectivity index (χ1n) is 12.4. The Morgan fingerprint density at radius 3 is 2.00 bits per heavy atom. The molecule has 5 rings (SSSR count). The topological polar surface area (TPSA) is 94.1 Å². The van der Waals surface area contributed by atoms with Gasteiger partial charge in [-0.3, -0.25) is 4.79 Å². The Kier molecular flexibility index (Phi) is 7.17. The van der Waals surface area contributed by atoms with Gasteiger partial charge in [0.15, 0.2) is 6.10 Å². The number of rotatable bonds is 7. The van der Waals surface area contributed by atoms with E-state index in [1.807, 2.05) is 73.7 Å². The maximum Gasteiger partial charge on any atom is 0.338 e. The summed E-state index contributed by atoms with van der Waals surface area (Å²) in [5.74, 6) is -0.632. The average molecular weight is 503 g/mol. The number of fused-ring (bicyclic) bond motifs is 1. The average Bonchev–Trinajstić information content (AvgIpc) is 2.95. The third-order valence-corrected chi connectivity index (χ3v) is 6.05. The van der Waals surface area contributed by atoms with Crippen LogP contribution in [0.4, 0.5) is 5.82 Å². The predicted molar refractivity (Wildman–Crippen MR) is 148 cm³/mol. The summed E-state index contributed by atoms with van der Waals surface area (Å²) >= 11 is 0. The number of esters is 1. The normalized spacial score (nSPS) is 11.6. The van der Waals surface area contributed by atoms with Gasteiger partial charge < -0.3 is 10.1 Å². The number of aromatic nitrogens is 3. The number of benzene rings is 3. The summed E-state index contributed by atoms with van der Waals surface area (Å²) in [6.45, 7) is 3.62. The van der Waals surface area contributed by atoms with Crippen LogP contribution in [0.3, 0.4) is 0 Å². The predicted octanol–water partition coefficient (Wildman–Crippen LogP) is 6.24. The Balaban J connectivity index is 1.44. The number of hydrogen-bond donors (Lipinski definition) is 1. The Labute approximate surface area is 220 Å². The quantitative estimate of drug-likeness (QED) is 0.265. The van der Waals surface area contributed by atoms with Gasteiger partial charge in [0, 0.05) is 16.8 Å². The molecule has 1 unspecified atom stereocenters. The number of carbonyl (C=O) groups excluding carboxylic acids is 2. The minimum absolute atomic E-state index is 0.290. The summed E-state index contributed by atoms with van der Waals surface area (Å²) in [7, 11) is 0. The lowest BCUT2D eigenvalue weighted by atomic mass is 10.0. The number of nitrogens with one attached hydrogen (secondary N) is 1. The molecule has 0 aliphatic rings. The van der Waals surface area contributed by atoms with Gasteiger partial charge >= 0.3 is 5.97 Å². The van der Waals surface area contributed by atoms with E-state index >= 15 is 0 Å². The molecule has 0 saturated heterocycles. The summed E-state index contributed by atoms with van der Waals surface area (Å²) < 4.78 is 5.58. The first-order chi connectivity index (χ1) is 18.5. The standard InChI is InChI=1S/C31H26N4O3/c1-3-26(30(36)35-27-16-10-11-20(2)32-27)38-31(37)23-17-18-24-25(19-23)34-29(22-14-8-5-9-15-22)28(33-24)21-12-6-4-7-13-21/h4-19,26H,3H2,1-2H3,(H,32,35,36). The molecule has 2 aromatic heterocycles. The molecule has 2 heterocycles. The number of aryl methyl sites for hydroxylation is 1. The van der Waals surface area contributed by atoms with Crippen molar-refractivity contribution < 1.29 is 14.3 Å². The fourth-order valence-electron chi connectivity index (χ4n) is 4.11. The van der Waals surface area contributed by atoms with Gasteiger partial charge in [0.2, 0.25) is 0 Å². The van der Waals surface area contributed by atoms with Crippen molar-refractivity contribution in [2.75, 3.05) is 5.32 Å². The molecular formula is C31H26N4O3. The largest absolute Gasteiger partial charge is 0.449 e. The van der Waals surface area contributed by atoms with Crippen molar-refractivity contribution in [1.82, 2.24) is 15.0 Å². The maximum atomic E-state index is 13.0. The van der Waals surface area contributed by atoms with E-state index in [4.69, 9.17) is 14.7 Å². The minimum Gasteiger partial charge on any atom is -0.449 e. The number of nitrogens with zero attached hydrogens (tertiary/aromatic N) is 3. The van der Waals surface area contributed by atoms with Gasteiger partial charge in [0.05, 0.1) is 28.0 Å². The van der Waals surface area contributed by atoms with Crippen LogP contribution in [0.2, 0.25) is 0 Å². The van der Waals surface area contributed by atoms with Crippen molar-refractivity contribution >= 4 is 28.7 Å². The molecule has 0 spiro atoms. The van der Waals surface area contributed by atoms with Crippen LogP contribution in [-0.4, -0.2) is 32.9 Å². The summed E-state index contributed by atoms with van der Waals surface area (Å²) in [6.07, 6.45) is -0.651. The number of amides is 1. The van der Waals surface area contributed by atoms with E-state index in [1.54, 1.807) is 37.3 Å². The Morgan fingerprint density at radius 1 is 0.763 bits per heavy atom. The lowest BCUT2D eigenvalue weighted by Crippen LogP contribution is -2.32. The van der Waals surface area contributed by atoms with E-state index in [9.17, 15) is 9.59 Å². The van der Waals surface area contributed by atoms with Crippen molar-refractivity contribution in [3.8, 4) is 22.5 Å². The van der Waals surface area contributed by atoms with E-state index in [1.165, 1.54) is 0 Å². The number of carbonyl (C=O) groups is 2. The number of hydrogen-bond acceptors (Lipinski definition) is 6. The molecule has 3 aromatic carbocycles. The molecular weight excluding hydrogens is 476 g/mol. The first kappa shape index (κ1) is 24.8. The second-order valence-corrected chi connectivity index (χ2v) is 8.81. The van der Waals surface area contributed by atoms with Gasteiger partial charge in [-0.1, -0.05) is 73.7 Å². The van der Waals surface area contributed by atoms with Crippen LogP contribution in [0.1, 0.15) is 29.4 Å². The van der Waals surface area contributed by atoms with Crippen LogP contribution in [-0.2, 0) is 9.53 Å². The number of anilines is 1.